The van der Waals surface area contributed by atoms with Gasteiger partial charge in [-0.15, -0.1) is 0 Å². The van der Waals surface area contributed by atoms with Crippen LogP contribution in [0.15, 0.2) is 36.4 Å². The first-order valence-electron chi connectivity index (χ1n) is 7.33. The van der Waals surface area contributed by atoms with Crippen molar-refractivity contribution in [2.45, 2.75) is 58.2 Å². The van der Waals surface area contributed by atoms with Gasteiger partial charge in [0.2, 0.25) is 0 Å². The normalized spacial score (nSPS) is 20.5. The van der Waals surface area contributed by atoms with Gasteiger partial charge in [-0.2, -0.15) is 0 Å². The number of ether oxygens (including phenoxy) is 1. The number of nitrogens with one attached hydrogen (secondary N) is 1. The van der Waals surface area contributed by atoms with E-state index in [1.807, 2.05) is 0 Å². The summed E-state index contributed by atoms with van der Waals surface area (Å²) < 4.78 is 5.67. The minimum Gasteiger partial charge on any atom is -0.491 e. The molecule has 0 amide bonds. The molecule has 2 nitrogen and oxygen atoms in total. The maximum absolute atomic E-state index is 5.67. The van der Waals surface area contributed by atoms with E-state index in [0.29, 0.717) is 12.1 Å². The van der Waals surface area contributed by atoms with Gasteiger partial charge < -0.3 is 10.1 Å². The first-order chi connectivity index (χ1) is 9.15. The summed E-state index contributed by atoms with van der Waals surface area (Å²) in [5.41, 5.74) is 1.32. The summed E-state index contributed by atoms with van der Waals surface area (Å²) in [4.78, 5) is 0. The predicted octanol–water partition coefficient (Wildman–Crippen LogP) is 4.23. The molecule has 0 saturated heterocycles. The van der Waals surface area contributed by atoms with Gasteiger partial charge in [0.15, 0.2) is 0 Å². The molecule has 104 valence electrons. The fraction of sp³-hybridized carbons (Fsp3) is 0.529. The number of allylic oxidation sites excluding steroid dienone is 1. The molecule has 2 heteroatoms. The van der Waals surface area contributed by atoms with Crippen LogP contribution < -0.4 is 10.1 Å². The van der Waals surface area contributed by atoms with Gasteiger partial charge in [0.05, 0.1) is 6.10 Å². The summed E-state index contributed by atoms with van der Waals surface area (Å²) in [6.45, 7) is 6.33. The zero-order chi connectivity index (χ0) is 13.7. The van der Waals surface area contributed by atoms with E-state index in [0.717, 1.165) is 12.2 Å². The zero-order valence-corrected chi connectivity index (χ0v) is 12.2. The van der Waals surface area contributed by atoms with Crippen molar-refractivity contribution < 1.29 is 4.74 Å². The highest BCUT2D eigenvalue weighted by Gasteiger charge is 2.13. The van der Waals surface area contributed by atoms with Crippen molar-refractivity contribution in [2.75, 3.05) is 0 Å². The minimum atomic E-state index is 0.232. The van der Waals surface area contributed by atoms with Crippen LogP contribution in [-0.4, -0.2) is 12.1 Å². The molecule has 0 saturated carbocycles. The molecule has 0 fully saturated rings. The number of rotatable bonds is 5. The maximum Gasteiger partial charge on any atom is 0.119 e. The standard InChI is InChI=1S/C17H25NO/c1-13(2)19-17-11-9-15(10-12-17)14(3)18-16-7-5-4-6-8-16/h4-5,9-14,16,18H,6-8H2,1-3H3. The van der Waals surface area contributed by atoms with E-state index in [-0.39, 0.29) is 6.10 Å². The highest BCUT2D eigenvalue weighted by atomic mass is 16.5. The summed E-state index contributed by atoms with van der Waals surface area (Å²) in [6, 6.07) is 9.46. The second-order valence-corrected chi connectivity index (χ2v) is 5.61. The molecular formula is C17H25NO. The Balaban J connectivity index is 1.91. The lowest BCUT2D eigenvalue weighted by Gasteiger charge is -2.24. The topological polar surface area (TPSA) is 21.3 Å². The van der Waals surface area contributed by atoms with Crippen LogP contribution in [0.5, 0.6) is 5.75 Å². The Labute approximate surface area is 116 Å². The molecule has 2 unspecified atom stereocenters. The Morgan fingerprint density at radius 2 is 1.84 bits per heavy atom. The number of benzene rings is 1. The summed E-state index contributed by atoms with van der Waals surface area (Å²) in [7, 11) is 0. The Kier molecular flexibility index (Phi) is 5.03. The fourth-order valence-corrected chi connectivity index (χ4v) is 2.50. The van der Waals surface area contributed by atoms with E-state index in [2.05, 4.69) is 62.5 Å². The molecule has 0 heterocycles. The van der Waals surface area contributed by atoms with Gasteiger partial charge in [0.25, 0.3) is 0 Å². The zero-order valence-electron chi connectivity index (χ0n) is 12.2. The maximum atomic E-state index is 5.67. The molecule has 1 aromatic rings. The van der Waals surface area contributed by atoms with Crippen molar-refractivity contribution in [2.24, 2.45) is 0 Å². The third kappa shape index (κ3) is 4.39. The van der Waals surface area contributed by atoms with Crippen LogP contribution >= 0.6 is 0 Å². The Morgan fingerprint density at radius 3 is 2.42 bits per heavy atom. The van der Waals surface area contributed by atoms with Gasteiger partial charge in [-0.1, -0.05) is 24.3 Å². The Bertz CT molecular complexity index is 408. The SMILES string of the molecule is CC(C)Oc1ccc(C(C)NC2CC=CCC2)cc1. The fourth-order valence-electron chi connectivity index (χ4n) is 2.50. The van der Waals surface area contributed by atoms with Gasteiger partial charge >= 0.3 is 0 Å². The molecule has 1 N–H and O–H groups in total. The van der Waals surface area contributed by atoms with Crippen LogP contribution in [0, 0.1) is 0 Å². The largest absolute Gasteiger partial charge is 0.491 e. The summed E-state index contributed by atoms with van der Waals surface area (Å²) in [5.74, 6) is 0.951. The number of hydrogen-bond acceptors (Lipinski definition) is 2. The highest BCUT2D eigenvalue weighted by molar-refractivity contribution is 5.29. The average Bonchev–Trinajstić information content (AvgIpc) is 2.40. The minimum absolute atomic E-state index is 0.232. The molecule has 0 bridgehead atoms. The monoisotopic (exact) mass is 259 g/mol. The molecule has 2 rings (SSSR count). The van der Waals surface area contributed by atoms with Crippen molar-refractivity contribution in [1.82, 2.24) is 5.32 Å². The molecule has 1 aromatic carbocycles. The molecule has 2 atom stereocenters. The first kappa shape index (κ1) is 14.1. The number of hydrogen-bond donors (Lipinski definition) is 1. The van der Waals surface area contributed by atoms with Crippen LogP contribution in [0.25, 0.3) is 0 Å². The lowest BCUT2D eigenvalue weighted by atomic mass is 9.99. The van der Waals surface area contributed by atoms with Crippen LogP contribution in [-0.2, 0) is 0 Å². The van der Waals surface area contributed by atoms with E-state index >= 15 is 0 Å². The summed E-state index contributed by atoms with van der Waals surface area (Å²) in [6.07, 6.45) is 8.39. The van der Waals surface area contributed by atoms with Gasteiger partial charge in [0, 0.05) is 12.1 Å². The van der Waals surface area contributed by atoms with Crippen molar-refractivity contribution in [3.63, 3.8) is 0 Å². The van der Waals surface area contributed by atoms with Gasteiger partial charge in [-0.05, 0) is 57.7 Å². The smallest absolute Gasteiger partial charge is 0.119 e. The Morgan fingerprint density at radius 1 is 1.11 bits per heavy atom. The van der Waals surface area contributed by atoms with E-state index in [9.17, 15) is 0 Å². The predicted molar refractivity (Wildman–Crippen MR) is 80.5 cm³/mol. The van der Waals surface area contributed by atoms with Crippen molar-refractivity contribution in [3.8, 4) is 5.75 Å². The first-order valence-corrected chi connectivity index (χ1v) is 7.33. The van der Waals surface area contributed by atoms with Crippen LogP contribution in [0.2, 0.25) is 0 Å². The van der Waals surface area contributed by atoms with E-state index < -0.39 is 0 Å². The average molecular weight is 259 g/mol. The molecule has 1 aliphatic rings. The van der Waals surface area contributed by atoms with Crippen LogP contribution in [0.4, 0.5) is 0 Å². The quantitative estimate of drug-likeness (QED) is 0.799. The van der Waals surface area contributed by atoms with Crippen molar-refractivity contribution in [1.29, 1.82) is 0 Å². The van der Waals surface area contributed by atoms with E-state index in [1.54, 1.807) is 0 Å². The molecule has 0 aliphatic heterocycles. The molecule has 0 radical (unpaired) electrons. The lowest BCUT2D eigenvalue weighted by Crippen LogP contribution is -2.32. The molecule has 1 aliphatic carbocycles. The second kappa shape index (κ2) is 6.76. The van der Waals surface area contributed by atoms with E-state index in [4.69, 9.17) is 4.74 Å². The second-order valence-electron chi connectivity index (χ2n) is 5.61. The van der Waals surface area contributed by atoms with Crippen molar-refractivity contribution >= 4 is 0 Å². The van der Waals surface area contributed by atoms with Crippen LogP contribution in [0.3, 0.4) is 0 Å². The van der Waals surface area contributed by atoms with Crippen molar-refractivity contribution in [3.05, 3.63) is 42.0 Å². The van der Waals surface area contributed by atoms with Gasteiger partial charge in [-0.3, -0.25) is 0 Å². The summed E-state index contributed by atoms with van der Waals surface area (Å²) in [5, 5.41) is 3.70. The molecule has 0 spiro atoms. The molecular weight excluding hydrogens is 234 g/mol. The lowest BCUT2D eigenvalue weighted by molar-refractivity contribution is 0.242. The highest BCUT2D eigenvalue weighted by Crippen LogP contribution is 2.21. The van der Waals surface area contributed by atoms with Crippen LogP contribution in [0.1, 0.15) is 51.6 Å². The van der Waals surface area contributed by atoms with E-state index in [1.165, 1.54) is 18.4 Å². The third-order valence-electron chi connectivity index (χ3n) is 3.51. The molecule has 0 aromatic heterocycles. The molecule has 19 heavy (non-hydrogen) atoms. The summed E-state index contributed by atoms with van der Waals surface area (Å²) >= 11 is 0. The van der Waals surface area contributed by atoms with Gasteiger partial charge in [-0.25, -0.2) is 0 Å². The third-order valence-corrected chi connectivity index (χ3v) is 3.51. The van der Waals surface area contributed by atoms with Gasteiger partial charge in [0.1, 0.15) is 5.75 Å². The Hall–Kier alpha value is -1.28.